The Morgan fingerprint density at radius 3 is 2.67 bits per heavy atom. The third kappa shape index (κ3) is 1.43. The third-order valence-corrected chi connectivity index (χ3v) is 4.55. The van der Waals surface area contributed by atoms with Crippen LogP contribution >= 0.6 is 0 Å². The highest BCUT2D eigenvalue weighted by molar-refractivity contribution is 5.83. The van der Waals surface area contributed by atoms with Gasteiger partial charge in [0.1, 0.15) is 5.67 Å². The molecule has 2 bridgehead atoms. The molecule has 3 heteroatoms. The molecule has 4 rings (SSSR count). The molecule has 0 spiro atoms. The van der Waals surface area contributed by atoms with Crippen molar-refractivity contribution in [3.05, 3.63) is 36.0 Å². The molecule has 2 aliphatic heterocycles. The molecule has 2 saturated heterocycles. The molecule has 0 aliphatic carbocycles. The Labute approximate surface area is 106 Å². The number of fused-ring (bicyclic) bond motifs is 3. The Balaban J connectivity index is 1.84. The van der Waals surface area contributed by atoms with E-state index in [1.54, 1.807) is 0 Å². The van der Waals surface area contributed by atoms with Crippen LogP contribution in [0, 0.1) is 0 Å². The fourth-order valence-electron chi connectivity index (χ4n) is 3.78. The van der Waals surface area contributed by atoms with Crippen LogP contribution in [0.4, 0.5) is 4.39 Å². The Hall–Kier alpha value is -1.35. The van der Waals surface area contributed by atoms with Crippen molar-refractivity contribution >= 4 is 10.9 Å². The van der Waals surface area contributed by atoms with Crippen molar-refractivity contribution in [2.75, 3.05) is 0 Å². The van der Waals surface area contributed by atoms with Gasteiger partial charge in [0.15, 0.2) is 0 Å². The number of aromatic amines is 1. The highest BCUT2D eigenvalue weighted by Crippen LogP contribution is 2.45. The lowest BCUT2D eigenvalue weighted by Crippen LogP contribution is -2.44. The van der Waals surface area contributed by atoms with Crippen molar-refractivity contribution in [3.8, 4) is 0 Å². The summed E-state index contributed by atoms with van der Waals surface area (Å²) < 4.78 is 15.4. The average Bonchev–Trinajstić information content (AvgIpc) is 2.95. The number of benzene rings is 1. The van der Waals surface area contributed by atoms with E-state index < -0.39 is 5.67 Å². The number of aromatic nitrogens is 1. The summed E-state index contributed by atoms with van der Waals surface area (Å²) in [5, 5.41) is 4.55. The van der Waals surface area contributed by atoms with Gasteiger partial charge >= 0.3 is 0 Å². The van der Waals surface area contributed by atoms with Gasteiger partial charge in [0, 0.05) is 42.0 Å². The highest BCUT2D eigenvalue weighted by Gasteiger charge is 2.45. The van der Waals surface area contributed by atoms with Crippen molar-refractivity contribution in [3.63, 3.8) is 0 Å². The fraction of sp³-hybridized carbons (Fsp3) is 0.467. The molecule has 2 N–H and O–H groups in total. The minimum atomic E-state index is -1.15. The summed E-state index contributed by atoms with van der Waals surface area (Å²) >= 11 is 0. The largest absolute Gasteiger partial charge is 0.361 e. The van der Waals surface area contributed by atoms with Crippen molar-refractivity contribution in [2.24, 2.45) is 0 Å². The summed E-state index contributed by atoms with van der Waals surface area (Å²) in [7, 11) is 0. The van der Waals surface area contributed by atoms with Gasteiger partial charge in [-0.2, -0.15) is 0 Å². The zero-order valence-electron chi connectivity index (χ0n) is 10.2. The van der Waals surface area contributed by atoms with Gasteiger partial charge in [-0.3, -0.25) is 0 Å². The van der Waals surface area contributed by atoms with E-state index in [9.17, 15) is 0 Å². The van der Waals surface area contributed by atoms with Crippen LogP contribution in [0.2, 0.25) is 0 Å². The molecule has 0 amide bonds. The number of nitrogens with one attached hydrogen (secondary N) is 2. The first-order valence-electron chi connectivity index (χ1n) is 6.76. The van der Waals surface area contributed by atoms with Crippen LogP contribution in [-0.4, -0.2) is 17.1 Å². The molecule has 0 saturated carbocycles. The van der Waals surface area contributed by atoms with Crippen LogP contribution in [-0.2, 0) is 5.67 Å². The smallest absolute Gasteiger partial charge is 0.139 e. The number of hydrogen-bond acceptors (Lipinski definition) is 1. The first-order chi connectivity index (χ1) is 8.74. The molecule has 3 heterocycles. The van der Waals surface area contributed by atoms with Crippen molar-refractivity contribution in [1.82, 2.24) is 10.3 Å². The van der Waals surface area contributed by atoms with Gasteiger partial charge in [-0.05, 0) is 30.5 Å². The van der Waals surface area contributed by atoms with E-state index in [4.69, 9.17) is 0 Å². The molecular weight excluding hydrogens is 227 g/mol. The number of piperidine rings is 1. The second kappa shape index (κ2) is 3.58. The molecule has 1 aromatic carbocycles. The first-order valence-corrected chi connectivity index (χ1v) is 6.76. The summed E-state index contributed by atoms with van der Waals surface area (Å²) in [5.74, 6) is 0. The molecule has 2 aromatic rings. The topological polar surface area (TPSA) is 27.8 Å². The highest BCUT2D eigenvalue weighted by atomic mass is 19.1. The maximum Gasteiger partial charge on any atom is 0.139 e. The van der Waals surface area contributed by atoms with E-state index in [1.807, 2.05) is 30.5 Å². The van der Waals surface area contributed by atoms with Gasteiger partial charge < -0.3 is 10.3 Å². The molecule has 0 radical (unpaired) electrons. The van der Waals surface area contributed by atoms with Gasteiger partial charge in [-0.25, -0.2) is 4.39 Å². The molecule has 2 aliphatic rings. The standard InChI is InChI=1S/C15H17FN2/c16-15(8-10-4-5-11(9-15)18-10)13-2-1-3-14-12(13)6-7-17-14/h1-3,6-7,10-11,17-18H,4-5,8-9H2. The van der Waals surface area contributed by atoms with E-state index in [-0.39, 0.29) is 0 Å². The molecule has 2 nitrogen and oxygen atoms in total. The number of rotatable bonds is 1. The lowest BCUT2D eigenvalue weighted by molar-refractivity contribution is 0.0890. The summed E-state index contributed by atoms with van der Waals surface area (Å²) in [5.41, 5.74) is 0.758. The molecule has 2 fully saturated rings. The summed E-state index contributed by atoms with van der Waals surface area (Å²) in [6.45, 7) is 0. The minimum Gasteiger partial charge on any atom is -0.361 e. The summed E-state index contributed by atoms with van der Waals surface area (Å²) in [4.78, 5) is 3.17. The van der Waals surface area contributed by atoms with Crippen LogP contribution < -0.4 is 5.32 Å². The number of H-pyrrole nitrogens is 1. The second-order valence-electron chi connectivity index (χ2n) is 5.76. The quantitative estimate of drug-likeness (QED) is 0.792. The SMILES string of the molecule is FC1(c2cccc3[nH]ccc23)CC2CCC(C1)N2. The Morgan fingerprint density at radius 1 is 1.11 bits per heavy atom. The molecule has 94 valence electrons. The van der Waals surface area contributed by atoms with E-state index in [0.717, 1.165) is 29.3 Å². The van der Waals surface area contributed by atoms with Gasteiger partial charge in [-0.15, -0.1) is 0 Å². The van der Waals surface area contributed by atoms with E-state index >= 15 is 4.39 Å². The van der Waals surface area contributed by atoms with Gasteiger partial charge in [0.2, 0.25) is 0 Å². The minimum absolute atomic E-state index is 0.364. The molecule has 1 aromatic heterocycles. The van der Waals surface area contributed by atoms with E-state index in [2.05, 4.69) is 10.3 Å². The van der Waals surface area contributed by atoms with Crippen molar-refractivity contribution < 1.29 is 4.39 Å². The fourth-order valence-corrected chi connectivity index (χ4v) is 3.78. The number of alkyl halides is 1. The van der Waals surface area contributed by atoms with Gasteiger partial charge in [0.05, 0.1) is 0 Å². The van der Waals surface area contributed by atoms with Crippen molar-refractivity contribution in [1.29, 1.82) is 0 Å². The molecule has 18 heavy (non-hydrogen) atoms. The van der Waals surface area contributed by atoms with Crippen molar-refractivity contribution in [2.45, 2.75) is 43.4 Å². The Morgan fingerprint density at radius 2 is 1.89 bits per heavy atom. The summed E-state index contributed by atoms with van der Waals surface area (Å²) in [6.07, 6.45) is 5.38. The van der Waals surface area contributed by atoms with Crippen LogP contribution in [0.5, 0.6) is 0 Å². The van der Waals surface area contributed by atoms with Crippen LogP contribution in [0.15, 0.2) is 30.5 Å². The maximum absolute atomic E-state index is 15.4. The van der Waals surface area contributed by atoms with Gasteiger partial charge in [0.25, 0.3) is 0 Å². The van der Waals surface area contributed by atoms with Crippen LogP contribution in [0.3, 0.4) is 0 Å². The second-order valence-corrected chi connectivity index (χ2v) is 5.76. The van der Waals surface area contributed by atoms with Crippen LogP contribution in [0.1, 0.15) is 31.2 Å². The van der Waals surface area contributed by atoms with E-state index in [0.29, 0.717) is 24.9 Å². The molecule has 2 unspecified atom stereocenters. The predicted octanol–water partition coefficient (Wildman–Crippen LogP) is 3.25. The zero-order valence-corrected chi connectivity index (χ0v) is 10.2. The van der Waals surface area contributed by atoms with Gasteiger partial charge in [-0.1, -0.05) is 12.1 Å². The maximum atomic E-state index is 15.4. The first kappa shape index (κ1) is 10.6. The number of hydrogen-bond donors (Lipinski definition) is 2. The van der Waals surface area contributed by atoms with Crippen LogP contribution in [0.25, 0.3) is 10.9 Å². The normalized spacial score (nSPS) is 35.2. The average molecular weight is 244 g/mol. The Bertz CT molecular complexity index is 577. The third-order valence-electron chi connectivity index (χ3n) is 4.55. The molecular formula is C15H17FN2. The predicted molar refractivity (Wildman–Crippen MR) is 70.3 cm³/mol. The summed E-state index contributed by atoms with van der Waals surface area (Å²) in [6, 6.07) is 8.65. The zero-order chi connectivity index (χ0) is 12.2. The number of halogens is 1. The lowest BCUT2D eigenvalue weighted by Gasteiger charge is -2.35. The lowest BCUT2D eigenvalue weighted by atomic mass is 9.82. The Kier molecular flexibility index (Phi) is 2.10. The van der Waals surface area contributed by atoms with E-state index in [1.165, 1.54) is 0 Å². The molecule has 2 atom stereocenters. The monoisotopic (exact) mass is 244 g/mol.